The number of fused-ring (bicyclic) bond motifs is 1. The van der Waals surface area contributed by atoms with Crippen molar-refractivity contribution in [1.82, 2.24) is 0 Å². The van der Waals surface area contributed by atoms with Crippen molar-refractivity contribution in [2.45, 2.75) is 44.3 Å². The molecule has 5 unspecified atom stereocenters. The highest BCUT2D eigenvalue weighted by molar-refractivity contribution is 5.89. The SMILES string of the molecule is C=CC(=O)CCCC(=O)OC1C2CC3C(=O)OC1C3C2. The van der Waals surface area contributed by atoms with Gasteiger partial charge in [-0.2, -0.15) is 0 Å². The van der Waals surface area contributed by atoms with Gasteiger partial charge in [-0.1, -0.05) is 6.58 Å². The van der Waals surface area contributed by atoms with E-state index in [1.54, 1.807) is 0 Å². The Kier molecular flexibility index (Phi) is 3.36. The van der Waals surface area contributed by atoms with Gasteiger partial charge in [-0.3, -0.25) is 14.4 Å². The van der Waals surface area contributed by atoms with Gasteiger partial charge in [0.25, 0.3) is 0 Å². The van der Waals surface area contributed by atoms with Crippen molar-refractivity contribution in [3.63, 3.8) is 0 Å². The number of hydrogen-bond donors (Lipinski definition) is 0. The van der Waals surface area contributed by atoms with Crippen molar-refractivity contribution >= 4 is 17.7 Å². The largest absolute Gasteiger partial charge is 0.458 e. The first kappa shape index (κ1) is 13.3. The van der Waals surface area contributed by atoms with Gasteiger partial charge in [-0.15, -0.1) is 0 Å². The van der Waals surface area contributed by atoms with E-state index >= 15 is 0 Å². The molecule has 3 rings (SSSR count). The Morgan fingerprint density at radius 3 is 2.90 bits per heavy atom. The molecule has 0 spiro atoms. The van der Waals surface area contributed by atoms with Crippen molar-refractivity contribution in [1.29, 1.82) is 0 Å². The molecule has 1 saturated heterocycles. The summed E-state index contributed by atoms with van der Waals surface area (Å²) in [5, 5.41) is 0. The summed E-state index contributed by atoms with van der Waals surface area (Å²) in [7, 11) is 0. The van der Waals surface area contributed by atoms with Crippen LogP contribution in [0.5, 0.6) is 0 Å². The number of rotatable bonds is 6. The summed E-state index contributed by atoms with van der Waals surface area (Å²) in [4.78, 5) is 34.5. The lowest BCUT2D eigenvalue weighted by molar-refractivity contribution is -0.161. The fraction of sp³-hybridized carbons (Fsp3) is 0.667. The van der Waals surface area contributed by atoms with Crippen molar-refractivity contribution in [3.05, 3.63) is 12.7 Å². The Morgan fingerprint density at radius 2 is 2.15 bits per heavy atom. The van der Waals surface area contributed by atoms with Gasteiger partial charge in [0.05, 0.1) is 5.92 Å². The molecule has 2 bridgehead atoms. The van der Waals surface area contributed by atoms with Crippen LogP contribution in [-0.4, -0.2) is 29.9 Å². The standard InChI is InChI=1S/C15H18O5/c1-2-9(16)4-3-5-12(17)19-13-8-6-10-11(7-8)15(18)20-14(10)13/h2,8,10-11,13-14H,1,3-7H2. The lowest BCUT2D eigenvalue weighted by Gasteiger charge is -2.25. The lowest BCUT2D eigenvalue weighted by atomic mass is 9.88. The molecule has 3 aliphatic rings. The highest BCUT2D eigenvalue weighted by atomic mass is 16.6. The average Bonchev–Trinajstić information content (AvgIpc) is 3.03. The third kappa shape index (κ3) is 2.15. The Hall–Kier alpha value is -1.65. The van der Waals surface area contributed by atoms with E-state index in [0.29, 0.717) is 12.8 Å². The van der Waals surface area contributed by atoms with Crippen LogP contribution in [-0.2, 0) is 23.9 Å². The van der Waals surface area contributed by atoms with E-state index in [9.17, 15) is 14.4 Å². The summed E-state index contributed by atoms with van der Waals surface area (Å²) in [6.45, 7) is 3.39. The van der Waals surface area contributed by atoms with Crippen molar-refractivity contribution in [2.24, 2.45) is 17.8 Å². The van der Waals surface area contributed by atoms with Crippen LogP contribution >= 0.6 is 0 Å². The topological polar surface area (TPSA) is 69.7 Å². The van der Waals surface area contributed by atoms with Crippen LogP contribution in [0, 0.1) is 17.8 Å². The zero-order valence-electron chi connectivity index (χ0n) is 11.2. The highest BCUT2D eigenvalue weighted by Crippen LogP contribution is 2.55. The van der Waals surface area contributed by atoms with E-state index in [4.69, 9.17) is 9.47 Å². The molecule has 0 N–H and O–H groups in total. The molecule has 20 heavy (non-hydrogen) atoms. The Labute approximate surface area is 117 Å². The fourth-order valence-corrected chi connectivity index (χ4v) is 3.78. The summed E-state index contributed by atoms with van der Waals surface area (Å²) >= 11 is 0. The zero-order chi connectivity index (χ0) is 14.3. The van der Waals surface area contributed by atoms with Crippen LogP contribution in [0.15, 0.2) is 12.7 Å². The van der Waals surface area contributed by atoms with Gasteiger partial charge in [0.2, 0.25) is 0 Å². The molecule has 5 nitrogen and oxygen atoms in total. The van der Waals surface area contributed by atoms with E-state index < -0.39 is 0 Å². The molecule has 0 amide bonds. The van der Waals surface area contributed by atoms with Crippen LogP contribution in [0.25, 0.3) is 0 Å². The number of ketones is 1. The molecule has 1 heterocycles. The van der Waals surface area contributed by atoms with Crippen LogP contribution in [0.2, 0.25) is 0 Å². The van der Waals surface area contributed by atoms with Gasteiger partial charge >= 0.3 is 11.9 Å². The Balaban J connectivity index is 1.49. The van der Waals surface area contributed by atoms with Crippen molar-refractivity contribution in [2.75, 3.05) is 0 Å². The lowest BCUT2D eigenvalue weighted by Crippen LogP contribution is -2.36. The summed E-state index contributed by atoms with van der Waals surface area (Å²) < 4.78 is 10.8. The van der Waals surface area contributed by atoms with Gasteiger partial charge in [-0.25, -0.2) is 0 Å². The summed E-state index contributed by atoms with van der Waals surface area (Å²) in [6.07, 6.45) is 3.47. The molecule has 1 aliphatic heterocycles. The van der Waals surface area contributed by atoms with Crippen molar-refractivity contribution < 1.29 is 23.9 Å². The number of carbonyl (C=O) groups is 3. The van der Waals surface area contributed by atoms with E-state index in [1.165, 1.54) is 6.08 Å². The minimum atomic E-state index is -0.307. The second-order valence-electron chi connectivity index (χ2n) is 5.88. The monoisotopic (exact) mass is 278 g/mol. The molecule has 0 aromatic carbocycles. The first-order valence-corrected chi connectivity index (χ1v) is 7.15. The maximum absolute atomic E-state index is 11.8. The van der Waals surface area contributed by atoms with E-state index in [2.05, 4.69) is 6.58 Å². The fourth-order valence-electron chi connectivity index (χ4n) is 3.78. The molecule has 0 aromatic rings. The number of allylic oxidation sites excluding steroid dienone is 1. The highest BCUT2D eigenvalue weighted by Gasteiger charge is 2.63. The smallest absolute Gasteiger partial charge is 0.309 e. The average molecular weight is 278 g/mol. The maximum atomic E-state index is 11.8. The summed E-state index contributed by atoms with van der Waals surface area (Å²) in [5.74, 6) is 0.0415. The molecule has 2 aliphatic carbocycles. The summed E-state index contributed by atoms with van der Waals surface area (Å²) in [5.41, 5.74) is 0. The molecule has 5 heteroatoms. The van der Waals surface area contributed by atoms with Gasteiger partial charge in [-0.05, 0) is 25.3 Å². The maximum Gasteiger partial charge on any atom is 0.309 e. The second-order valence-corrected chi connectivity index (χ2v) is 5.88. The number of ether oxygens (including phenoxy) is 2. The van der Waals surface area contributed by atoms with Crippen LogP contribution in [0.4, 0.5) is 0 Å². The molecule has 0 radical (unpaired) electrons. The predicted molar refractivity (Wildman–Crippen MR) is 68.5 cm³/mol. The minimum absolute atomic E-state index is 0.0326. The van der Waals surface area contributed by atoms with E-state index in [-0.39, 0.29) is 54.1 Å². The van der Waals surface area contributed by atoms with E-state index in [0.717, 1.165) is 12.8 Å². The Morgan fingerprint density at radius 1 is 1.35 bits per heavy atom. The number of esters is 2. The second kappa shape index (κ2) is 5.04. The number of carbonyl (C=O) groups excluding carboxylic acids is 3. The minimum Gasteiger partial charge on any atom is -0.458 e. The van der Waals surface area contributed by atoms with E-state index in [1.807, 2.05) is 0 Å². The predicted octanol–water partition coefficient (Wildman–Crippen LogP) is 1.41. The quantitative estimate of drug-likeness (QED) is 0.542. The molecule has 2 saturated carbocycles. The third-order valence-corrected chi connectivity index (χ3v) is 4.71. The van der Waals surface area contributed by atoms with Gasteiger partial charge in [0, 0.05) is 24.7 Å². The zero-order valence-corrected chi connectivity index (χ0v) is 11.2. The van der Waals surface area contributed by atoms with Crippen LogP contribution in [0.1, 0.15) is 32.1 Å². The number of hydrogen-bond acceptors (Lipinski definition) is 5. The first-order valence-electron chi connectivity index (χ1n) is 7.15. The van der Waals surface area contributed by atoms with Gasteiger partial charge in [0.15, 0.2) is 5.78 Å². The van der Waals surface area contributed by atoms with Crippen molar-refractivity contribution in [3.8, 4) is 0 Å². The molecular formula is C15H18O5. The molecule has 0 aromatic heterocycles. The first-order chi connectivity index (χ1) is 9.60. The van der Waals surface area contributed by atoms with Crippen LogP contribution in [0.3, 0.4) is 0 Å². The normalized spacial score (nSPS) is 36.8. The van der Waals surface area contributed by atoms with Gasteiger partial charge in [0.1, 0.15) is 12.2 Å². The Bertz CT molecular complexity index is 469. The van der Waals surface area contributed by atoms with Gasteiger partial charge < -0.3 is 9.47 Å². The molecule has 108 valence electrons. The molecule has 3 fully saturated rings. The summed E-state index contributed by atoms with van der Waals surface area (Å²) in [6, 6.07) is 0. The third-order valence-electron chi connectivity index (χ3n) is 4.71. The molecular weight excluding hydrogens is 260 g/mol. The molecule has 5 atom stereocenters. The van der Waals surface area contributed by atoms with Crippen LogP contribution < -0.4 is 0 Å².